The summed E-state index contributed by atoms with van der Waals surface area (Å²) in [6.45, 7) is 0.508. The van der Waals surface area contributed by atoms with Crippen molar-refractivity contribution >= 4 is 11.3 Å². The van der Waals surface area contributed by atoms with Gasteiger partial charge in [-0.15, -0.1) is 16.4 Å². The fraction of sp³-hybridized carbons (Fsp3) is 0.182. The zero-order valence-corrected chi connectivity index (χ0v) is 9.28. The molecule has 0 N–H and O–H groups in total. The molecule has 2 aromatic heterocycles. The smallest absolute Gasteiger partial charge is 0.251 e. The minimum atomic E-state index is 0.307. The van der Waals surface area contributed by atoms with Crippen LogP contribution in [-0.2, 0) is 6.42 Å². The van der Waals surface area contributed by atoms with Crippen LogP contribution in [0.4, 0.5) is 0 Å². The van der Waals surface area contributed by atoms with E-state index in [9.17, 15) is 0 Å². The van der Waals surface area contributed by atoms with Crippen LogP contribution in [0.25, 0.3) is 0 Å². The first-order chi connectivity index (χ1) is 7.90. The van der Waals surface area contributed by atoms with E-state index in [1.165, 1.54) is 11.1 Å². The molecule has 0 unspecified atom stereocenters. The third-order valence-electron chi connectivity index (χ3n) is 1.97. The van der Waals surface area contributed by atoms with Crippen LogP contribution < -0.4 is 4.74 Å². The predicted octanol–water partition coefficient (Wildman–Crippen LogP) is 2.03. The molecule has 0 saturated carbocycles. The summed E-state index contributed by atoms with van der Waals surface area (Å²) < 4.78 is 5.41. The molecule has 0 bridgehead atoms. The van der Waals surface area contributed by atoms with Crippen molar-refractivity contribution in [2.75, 3.05) is 6.61 Å². The number of thiophene rings is 1. The molecule has 0 aliphatic rings. The fourth-order valence-electron chi connectivity index (χ4n) is 1.21. The van der Waals surface area contributed by atoms with Gasteiger partial charge < -0.3 is 4.74 Å². The average molecular weight is 231 g/mol. The number of hydrogen-bond acceptors (Lipinski definition) is 5. The molecule has 0 atom stereocenters. The van der Waals surface area contributed by atoms with Gasteiger partial charge in [-0.3, -0.25) is 0 Å². The Morgan fingerprint density at radius 3 is 3.12 bits per heavy atom. The van der Waals surface area contributed by atoms with Gasteiger partial charge in [-0.25, -0.2) is 0 Å². The SMILES string of the molecule is N#Cc1ccnnc1OCCc1cccs1. The largest absolute Gasteiger partial charge is 0.475 e. The second kappa shape index (κ2) is 5.24. The van der Waals surface area contributed by atoms with Crippen molar-refractivity contribution in [1.82, 2.24) is 10.2 Å². The van der Waals surface area contributed by atoms with Crippen LogP contribution in [-0.4, -0.2) is 16.8 Å². The van der Waals surface area contributed by atoms with Crippen LogP contribution in [0.3, 0.4) is 0 Å². The molecule has 4 nitrogen and oxygen atoms in total. The average Bonchev–Trinajstić information content (AvgIpc) is 2.83. The topological polar surface area (TPSA) is 58.8 Å². The lowest BCUT2D eigenvalue weighted by atomic mass is 10.3. The molecule has 0 saturated heterocycles. The van der Waals surface area contributed by atoms with Gasteiger partial charge in [0.15, 0.2) is 0 Å². The van der Waals surface area contributed by atoms with E-state index in [4.69, 9.17) is 10.00 Å². The van der Waals surface area contributed by atoms with Crippen molar-refractivity contribution in [2.24, 2.45) is 0 Å². The highest BCUT2D eigenvalue weighted by Gasteiger charge is 2.04. The zero-order chi connectivity index (χ0) is 11.2. The maximum absolute atomic E-state index is 8.81. The number of nitriles is 1. The summed E-state index contributed by atoms with van der Waals surface area (Å²) in [5.41, 5.74) is 0.418. The van der Waals surface area contributed by atoms with Crippen molar-refractivity contribution in [3.05, 3.63) is 40.2 Å². The predicted molar refractivity (Wildman–Crippen MR) is 60.3 cm³/mol. The van der Waals surface area contributed by atoms with Gasteiger partial charge in [0.05, 0.1) is 12.8 Å². The van der Waals surface area contributed by atoms with Crippen LogP contribution in [0, 0.1) is 11.3 Å². The molecular weight excluding hydrogens is 222 g/mol. The Balaban J connectivity index is 1.93. The van der Waals surface area contributed by atoms with Gasteiger partial charge in [0.2, 0.25) is 0 Å². The molecule has 2 aromatic rings. The highest BCUT2D eigenvalue weighted by molar-refractivity contribution is 7.09. The highest BCUT2D eigenvalue weighted by atomic mass is 32.1. The molecule has 5 heteroatoms. The summed E-state index contributed by atoms with van der Waals surface area (Å²) in [5.74, 6) is 0.307. The Kier molecular flexibility index (Phi) is 3.46. The molecule has 0 radical (unpaired) electrons. The number of aromatic nitrogens is 2. The monoisotopic (exact) mass is 231 g/mol. The van der Waals surface area contributed by atoms with Gasteiger partial charge in [-0.05, 0) is 17.5 Å². The molecule has 16 heavy (non-hydrogen) atoms. The molecule has 2 rings (SSSR count). The highest BCUT2D eigenvalue weighted by Crippen LogP contribution is 2.13. The molecule has 2 heterocycles. The van der Waals surface area contributed by atoms with E-state index in [0.717, 1.165) is 6.42 Å². The summed E-state index contributed by atoms with van der Waals surface area (Å²) in [6.07, 6.45) is 2.30. The summed E-state index contributed by atoms with van der Waals surface area (Å²) in [4.78, 5) is 1.25. The molecule has 80 valence electrons. The summed E-state index contributed by atoms with van der Waals surface area (Å²) in [5, 5.41) is 18.3. The second-order valence-electron chi connectivity index (χ2n) is 3.04. The minimum Gasteiger partial charge on any atom is -0.475 e. The summed E-state index contributed by atoms with van der Waals surface area (Å²) in [7, 11) is 0. The van der Waals surface area contributed by atoms with Crippen molar-refractivity contribution in [1.29, 1.82) is 5.26 Å². The minimum absolute atomic E-state index is 0.307. The summed E-state index contributed by atoms with van der Waals surface area (Å²) >= 11 is 1.69. The first-order valence-electron chi connectivity index (χ1n) is 4.77. The molecule has 0 aromatic carbocycles. The van der Waals surface area contributed by atoms with Crippen molar-refractivity contribution in [3.8, 4) is 11.9 Å². The number of hydrogen-bond donors (Lipinski definition) is 0. The van der Waals surface area contributed by atoms with Crippen molar-refractivity contribution < 1.29 is 4.74 Å². The fourth-order valence-corrected chi connectivity index (χ4v) is 1.90. The maximum Gasteiger partial charge on any atom is 0.251 e. The molecule has 0 spiro atoms. The van der Waals surface area contributed by atoms with Crippen LogP contribution in [0.5, 0.6) is 5.88 Å². The molecule has 0 aliphatic carbocycles. The van der Waals surface area contributed by atoms with E-state index in [1.807, 2.05) is 17.5 Å². The Hall–Kier alpha value is -1.93. The lowest BCUT2D eigenvalue weighted by molar-refractivity contribution is 0.305. The summed E-state index contributed by atoms with van der Waals surface area (Å²) in [6, 6.07) is 7.66. The second-order valence-corrected chi connectivity index (χ2v) is 4.07. The van der Waals surface area contributed by atoms with Crippen LogP contribution in [0.15, 0.2) is 29.8 Å². The van der Waals surface area contributed by atoms with E-state index in [1.54, 1.807) is 17.4 Å². The van der Waals surface area contributed by atoms with Crippen LogP contribution in [0.1, 0.15) is 10.4 Å². The Labute approximate surface area is 97.1 Å². The molecular formula is C11H9N3OS. The standard InChI is InChI=1S/C11H9N3OS/c12-8-9-3-5-13-14-11(9)15-6-4-10-2-1-7-16-10/h1-3,5,7H,4,6H2. The quantitative estimate of drug-likeness (QED) is 0.807. The molecule has 0 aliphatic heterocycles. The Morgan fingerprint density at radius 1 is 1.44 bits per heavy atom. The van der Waals surface area contributed by atoms with Gasteiger partial charge in [0.25, 0.3) is 5.88 Å². The Morgan fingerprint density at radius 2 is 2.38 bits per heavy atom. The van der Waals surface area contributed by atoms with Gasteiger partial charge in [0, 0.05) is 11.3 Å². The van der Waals surface area contributed by atoms with Crippen molar-refractivity contribution in [3.63, 3.8) is 0 Å². The van der Waals surface area contributed by atoms with Crippen LogP contribution in [0.2, 0.25) is 0 Å². The van der Waals surface area contributed by atoms with Gasteiger partial charge in [-0.2, -0.15) is 10.4 Å². The third kappa shape index (κ3) is 2.55. The van der Waals surface area contributed by atoms with Gasteiger partial charge in [-0.1, -0.05) is 6.07 Å². The lowest BCUT2D eigenvalue weighted by Gasteiger charge is -2.03. The van der Waals surface area contributed by atoms with E-state index < -0.39 is 0 Å². The van der Waals surface area contributed by atoms with Crippen LogP contribution >= 0.6 is 11.3 Å². The first kappa shape index (κ1) is 10.6. The van der Waals surface area contributed by atoms with E-state index in [-0.39, 0.29) is 0 Å². The van der Waals surface area contributed by atoms with E-state index in [2.05, 4.69) is 16.3 Å². The number of ether oxygens (including phenoxy) is 1. The van der Waals surface area contributed by atoms with Gasteiger partial charge >= 0.3 is 0 Å². The normalized spacial score (nSPS) is 9.69. The zero-order valence-electron chi connectivity index (χ0n) is 8.46. The number of rotatable bonds is 4. The van der Waals surface area contributed by atoms with E-state index >= 15 is 0 Å². The van der Waals surface area contributed by atoms with E-state index in [0.29, 0.717) is 18.1 Å². The maximum atomic E-state index is 8.81. The Bertz CT molecular complexity index is 490. The third-order valence-corrected chi connectivity index (χ3v) is 2.91. The molecule has 0 amide bonds. The molecule has 0 fully saturated rings. The number of nitrogens with zero attached hydrogens (tertiary/aromatic N) is 3. The van der Waals surface area contributed by atoms with Crippen molar-refractivity contribution in [2.45, 2.75) is 6.42 Å². The van der Waals surface area contributed by atoms with Gasteiger partial charge in [0.1, 0.15) is 11.6 Å². The lowest BCUT2D eigenvalue weighted by Crippen LogP contribution is -2.03. The first-order valence-corrected chi connectivity index (χ1v) is 5.65.